The van der Waals surface area contributed by atoms with Crippen LogP contribution >= 0.6 is 0 Å². The summed E-state index contributed by atoms with van der Waals surface area (Å²) in [5.41, 5.74) is 0.00563. The van der Waals surface area contributed by atoms with Crippen LogP contribution in [0, 0.1) is 17.7 Å². The van der Waals surface area contributed by atoms with E-state index in [1.807, 2.05) is 0 Å². The van der Waals surface area contributed by atoms with Gasteiger partial charge in [0.2, 0.25) is 11.5 Å². The fourth-order valence-corrected chi connectivity index (χ4v) is 3.52. The van der Waals surface area contributed by atoms with Gasteiger partial charge in [0.15, 0.2) is 0 Å². The third kappa shape index (κ3) is 4.37. The third-order valence-corrected chi connectivity index (χ3v) is 5.21. The molecule has 27 heavy (non-hydrogen) atoms. The molecule has 2 aromatic heterocycles. The molecule has 8 heteroatoms. The van der Waals surface area contributed by atoms with Crippen molar-refractivity contribution in [3.63, 3.8) is 0 Å². The topological polar surface area (TPSA) is 74.8 Å². The van der Waals surface area contributed by atoms with Crippen LogP contribution in [-0.2, 0) is 4.79 Å². The standard InChI is InChI=1S/C19H20F3N3O2/c1-11(18(27)25-16-4-3-14(20)10-23-16)12-6-7-19(21,22)15(8-12)13-2-5-17(26)24-9-13/h2-5,9-12,15H,6-8H2,1H3,(H,24,26)(H,23,25,27)/t11?,12-,15+/m0/s1. The summed E-state index contributed by atoms with van der Waals surface area (Å²) in [6, 6.07) is 5.16. The molecule has 1 amide bonds. The highest BCUT2D eigenvalue weighted by molar-refractivity contribution is 5.91. The summed E-state index contributed by atoms with van der Waals surface area (Å²) < 4.78 is 41.8. The number of amides is 1. The van der Waals surface area contributed by atoms with E-state index in [2.05, 4.69) is 15.3 Å². The normalized spacial score (nSPS) is 22.8. The van der Waals surface area contributed by atoms with E-state index in [1.165, 1.54) is 30.5 Å². The van der Waals surface area contributed by atoms with Gasteiger partial charge in [0, 0.05) is 30.5 Å². The molecule has 1 aliphatic rings. The molecule has 144 valence electrons. The third-order valence-electron chi connectivity index (χ3n) is 5.21. The molecule has 0 aromatic carbocycles. The number of anilines is 1. The van der Waals surface area contributed by atoms with Crippen molar-refractivity contribution in [1.82, 2.24) is 9.97 Å². The monoisotopic (exact) mass is 379 g/mol. The van der Waals surface area contributed by atoms with E-state index in [1.54, 1.807) is 6.92 Å². The van der Waals surface area contributed by atoms with E-state index in [4.69, 9.17) is 0 Å². The van der Waals surface area contributed by atoms with E-state index in [0.29, 0.717) is 5.56 Å². The second kappa shape index (κ2) is 7.54. The zero-order valence-corrected chi connectivity index (χ0v) is 14.7. The Morgan fingerprint density at radius 3 is 2.74 bits per heavy atom. The van der Waals surface area contributed by atoms with Crippen LogP contribution in [0.2, 0.25) is 0 Å². The highest BCUT2D eigenvalue weighted by Crippen LogP contribution is 2.48. The predicted octanol–water partition coefficient (Wildman–Crippen LogP) is 3.70. The molecule has 2 aromatic rings. The first-order valence-electron chi connectivity index (χ1n) is 8.75. The van der Waals surface area contributed by atoms with Crippen LogP contribution in [-0.4, -0.2) is 21.8 Å². The Hall–Kier alpha value is -2.64. The average molecular weight is 379 g/mol. The lowest BCUT2D eigenvalue weighted by atomic mass is 9.71. The van der Waals surface area contributed by atoms with Crippen LogP contribution in [0.15, 0.2) is 41.5 Å². The Kier molecular flexibility index (Phi) is 5.34. The first kappa shape index (κ1) is 19.1. The van der Waals surface area contributed by atoms with Crippen LogP contribution in [0.1, 0.15) is 37.7 Å². The SMILES string of the molecule is CC(C(=O)Nc1ccc(F)cn1)[C@H]1CCC(F)(F)[C@@H](c2ccc(=O)[nH]c2)C1. The minimum Gasteiger partial charge on any atom is -0.329 e. The first-order chi connectivity index (χ1) is 12.8. The van der Waals surface area contributed by atoms with Gasteiger partial charge in [-0.15, -0.1) is 0 Å². The van der Waals surface area contributed by atoms with Gasteiger partial charge in [0.05, 0.1) is 6.20 Å². The van der Waals surface area contributed by atoms with Crippen molar-refractivity contribution in [2.24, 2.45) is 11.8 Å². The number of carbonyl (C=O) groups is 1. The Bertz CT molecular complexity index is 847. The van der Waals surface area contributed by atoms with Gasteiger partial charge in [-0.3, -0.25) is 9.59 Å². The van der Waals surface area contributed by atoms with Crippen LogP contribution in [0.3, 0.4) is 0 Å². The quantitative estimate of drug-likeness (QED) is 0.851. The van der Waals surface area contributed by atoms with Gasteiger partial charge >= 0.3 is 0 Å². The number of nitrogens with one attached hydrogen (secondary N) is 2. The molecule has 5 nitrogen and oxygen atoms in total. The van der Waals surface area contributed by atoms with Crippen molar-refractivity contribution >= 4 is 11.7 Å². The molecule has 0 saturated heterocycles. The largest absolute Gasteiger partial charge is 0.329 e. The number of rotatable bonds is 4. The number of nitrogens with zero attached hydrogens (tertiary/aromatic N) is 1. The summed E-state index contributed by atoms with van der Waals surface area (Å²) in [7, 11) is 0. The van der Waals surface area contributed by atoms with E-state index in [9.17, 15) is 22.8 Å². The Morgan fingerprint density at radius 2 is 2.11 bits per heavy atom. The fraction of sp³-hybridized carbons (Fsp3) is 0.421. The number of aromatic nitrogens is 2. The number of alkyl halides is 2. The Balaban J connectivity index is 1.72. The highest BCUT2D eigenvalue weighted by Gasteiger charge is 2.47. The smallest absolute Gasteiger partial charge is 0.254 e. The predicted molar refractivity (Wildman–Crippen MR) is 94.1 cm³/mol. The van der Waals surface area contributed by atoms with Crippen LogP contribution < -0.4 is 10.9 Å². The first-order valence-corrected chi connectivity index (χ1v) is 8.75. The molecule has 1 fully saturated rings. The summed E-state index contributed by atoms with van der Waals surface area (Å²) in [6.07, 6.45) is 2.33. The van der Waals surface area contributed by atoms with Crippen LogP contribution in [0.25, 0.3) is 0 Å². The molecular weight excluding hydrogens is 359 g/mol. The summed E-state index contributed by atoms with van der Waals surface area (Å²) in [4.78, 5) is 29.9. The van der Waals surface area contributed by atoms with Crippen molar-refractivity contribution in [2.45, 2.75) is 38.0 Å². The maximum absolute atomic E-state index is 14.4. The molecule has 1 unspecified atom stereocenters. The molecule has 2 heterocycles. The highest BCUT2D eigenvalue weighted by atomic mass is 19.3. The second-order valence-corrected chi connectivity index (χ2v) is 6.97. The van der Waals surface area contributed by atoms with Gasteiger partial charge in [-0.05, 0) is 36.5 Å². The number of hydrogen-bond donors (Lipinski definition) is 2. The second-order valence-electron chi connectivity index (χ2n) is 6.97. The maximum Gasteiger partial charge on any atom is 0.254 e. The molecule has 0 radical (unpaired) electrons. The number of H-pyrrole nitrogens is 1. The molecule has 0 aliphatic heterocycles. The van der Waals surface area contributed by atoms with Crippen molar-refractivity contribution < 1.29 is 18.0 Å². The van der Waals surface area contributed by atoms with E-state index < -0.39 is 23.6 Å². The lowest BCUT2D eigenvalue weighted by molar-refractivity contribution is -0.124. The van der Waals surface area contributed by atoms with Crippen molar-refractivity contribution in [3.8, 4) is 0 Å². The van der Waals surface area contributed by atoms with Gasteiger partial charge in [-0.1, -0.05) is 13.0 Å². The van der Waals surface area contributed by atoms with Gasteiger partial charge in [-0.25, -0.2) is 18.2 Å². The number of carbonyl (C=O) groups excluding carboxylic acids is 1. The van der Waals surface area contributed by atoms with Gasteiger partial charge in [0.1, 0.15) is 11.6 Å². The van der Waals surface area contributed by atoms with E-state index in [-0.39, 0.29) is 42.5 Å². The molecule has 1 aliphatic carbocycles. The average Bonchev–Trinajstić information content (AvgIpc) is 2.64. The lowest BCUT2D eigenvalue weighted by Gasteiger charge is -2.38. The summed E-state index contributed by atoms with van der Waals surface area (Å²) in [5, 5.41) is 2.60. The summed E-state index contributed by atoms with van der Waals surface area (Å²) in [6.45, 7) is 1.69. The van der Waals surface area contributed by atoms with Crippen molar-refractivity contribution in [3.05, 3.63) is 58.4 Å². The number of aromatic amines is 1. The minimum atomic E-state index is -2.90. The van der Waals surface area contributed by atoms with Gasteiger partial charge < -0.3 is 10.3 Å². The zero-order valence-electron chi connectivity index (χ0n) is 14.7. The fourth-order valence-electron chi connectivity index (χ4n) is 3.52. The van der Waals surface area contributed by atoms with Crippen LogP contribution in [0.5, 0.6) is 0 Å². The van der Waals surface area contributed by atoms with Crippen LogP contribution in [0.4, 0.5) is 19.0 Å². The van der Waals surface area contributed by atoms with Crippen molar-refractivity contribution in [1.29, 1.82) is 0 Å². The molecule has 3 atom stereocenters. The molecule has 1 saturated carbocycles. The summed E-state index contributed by atoms with van der Waals surface area (Å²) in [5.74, 6) is -5.37. The minimum absolute atomic E-state index is 0.129. The van der Waals surface area contributed by atoms with Gasteiger partial charge in [0.25, 0.3) is 5.92 Å². The Morgan fingerprint density at radius 1 is 1.33 bits per heavy atom. The number of hydrogen-bond acceptors (Lipinski definition) is 3. The molecule has 2 N–H and O–H groups in total. The maximum atomic E-state index is 14.4. The molecule has 0 bridgehead atoms. The zero-order chi connectivity index (χ0) is 19.6. The Labute approximate surface area is 154 Å². The lowest BCUT2D eigenvalue weighted by Crippen LogP contribution is -2.38. The number of halogens is 3. The van der Waals surface area contributed by atoms with Gasteiger partial charge in [-0.2, -0.15) is 0 Å². The van der Waals surface area contributed by atoms with E-state index >= 15 is 0 Å². The summed E-state index contributed by atoms with van der Waals surface area (Å²) >= 11 is 0. The molecular formula is C19H20F3N3O2. The van der Waals surface area contributed by atoms with Crippen molar-refractivity contribution in [2.75, 3.05) is 5.32 Å². The molecule has 3 rings (SSSR count). The number of pyridine rings is 2. The van der Waals surface area contributed by atoms with E-state index in [0.717, 1.165) is 6.20 Å². The molecule has 0 spiro atoms.